The summed E-state index contributed by atoms with van der Waals surface area (Å²) in [4.78, 5) is 16.4. The van der Waals surface area contributed by atoms with Crippen LogP contribution in [0.5, 0.6) is 5.75 Å². The number of carbonyl (C=O) groups excluding carboxylic acids is 1. The van der Waals surface area contributed by atoms with Gasteiger partial charge >= 0.3 is 0 Å². The van der Waals surface area contributed by atoms with E-state index >= 15 is 0 Å². The van der Waals surface area contributed by atoms with Gasteiger partial charge in [-0.3, -0.25) is 4.79 Å². The molecule has 1 atom stereocenters. The van der Waals surface area contributed by atoms with Crippen molar-refractivity contribution in [1.29, 1.82) is 0 Å². The Kier molecular flexibility index (Phi) is 3.69. The summed E-state index contributed by atoms with van der Waals surface area (Å²) < 4.78 is 6.32. The molecule has 0 aliphatic carbocycles. The number of carbonyl (C=O) groups is 1. The zero-order chi connectivity index (χ0) is 13.9. The normalized spacial score (nSPS) is 16.9. The Morgan fingerprint density at radius 2 is 2.10 bits per heavy atom. The van der Waals surface area contributed by atoms with Crippen LogP contribution >= 0.6 is 15.9 Å². The number of ether oxygens (including phenoxy) is 1. The SMILES string of the molecule is O=C(Nc1cccc(Br)n1)C1COc2ccccc2C1. The fourth-order valence-electron chi connectivity index (χ4n) is 2.20. The quantitative estimate of drug-likeness (QED) is 0.860. The number of anilines is 1. The number of nitrogens with zero attached hydrogens (tertiary/aromatic N) is 1. The van der Waals surface area contributed by atoms with Crippen molar-refractivity contribution >= 4 is 27.7 Å². The van der Waals surface area contributed by atoms with Crippen LogP contribution in [0.1, 0.15) is 5.56 Å². The van der Waals surface area contributed by atoms with Crippen molar-refractivity contribution in [3.05, 3.63) is 52.6 Å². The van der Waals surface area contributed by atoms with Crippen LogP contribution in [-0.2, 0) is 11.2 Å². The lowest BCUT2D eigenvalue weighted by molar-refractivity contribution is -0.121. The van der Waals surface area contributed by atoms with E-state index in [0.29, 0.717) is 23.4 Å². The Balaban J connectivity index is 1.70. The number of pyridine rings is 1. The lowest BCUT2D eigenvalue weighted by Gasteiger charge is -2.24. The minimum Gasteiger partial charge on any atom is -0.492 e. The number of para-hydroxylation sites is 1. The number of rotatable bonds is 2. The third kappa shape index (κ3) is 2.82. The van der Waals surface area contributed by atoms with Crippen molar-refractivity contribution in [1.82, 2.24) is 4.98 Å². The topological polar surface area (TPSA) is 51.2 Å². The number of fused-ring (bicyclic) bond motifs is 1. The summed E-state index contributed by atoms with van der Waals surface area (Å²) >= 11 is 3.28. The standard InChI is InChI=1S/C15H13BrN2O2/c16-13-6-3-7-14(17-13)18-15(19)11-8-10-4-1-2-5-12(10)20-9-11/h1-7,11H,8-9H2,(H,17,18,19). The van der Waals surface area contributed by atoms with Gasteiger partial charge in [-0.15, -0.1) is 0 Å². The highest BCUT2D eigenvalue weighted by molar-refractivity contribution is 9.10. The van der Waals surface area contributed by atoms with E-state index in [1.807, 2.05) is 36.4 Å². The summed E-state index contributed by atoms with van der Waals surface area (Å²) in [5.41, 5.74) is 1.07. The number of hydrogen-bond acceptors (Lipinski definition) is 3. The lowest BCUT2D eigenvalue weighted by Crippen LogP contribution is -2.32. The molecule has 1 aliphatic heterocycles. The van der Waals surface area contributed by atoms with E-state index in [2.05, 4.69) is 26.2 Å². The number of nitrogens with one attached hydrogen (secondary N) is 1. The maximum atomic E-state index is 12.2. The molecule has 1 amide bonds. The van der Waals surface area contributed by atoms with Crippen molar-refractivity contribution in [2.45, 2.75) is 6.42 Å². The summed E-state index contributed by atoms with van der Waals surface area (Å²) in [7, 11) is 0. The predicted octanol–water partition coefficient (Wildman–Crippen LogP) is 3.03. The van der Waals surface area contributed by atoms with Gasteiger partial charge in [0.25, 0.3) is 0 Å². The van der Waals surface area contributed by atoms with Crippen LogP contribution in [0.2, 0.25) is 0 Å². The van der Waals surface area contributed by atoms with Crippen molar-refractivity contribution in [2.24, 2.45) is 5.92 Å². The molecule has 0 fully saturated rings. The van der Waals surface area contributed by atoms with Crippen LogP contribution in [-0.4, -0.2) is 17.5 Å². The van der Waals surface area contributed by atoms with Crippen molar-refractivity contribution < 1.29 is 9.53 Å². The molecule has 0 saturated carbocycles. The van der Waals surface area contributed by atoms with E-state index < -0.39 is 0 Å². The van der Waals surface area contributed by atoms with Gasteiger partial charge in [-0.05, 0) is 46.1 Å². The average molecular weight is 333 g/mol. The number of hydrogen-bond donors (Lipinski definition) is 1. The molecular weight excluding hydrogens is 320 g/mol. The molecule has 1 aliphatic rings. The van der Waals surface area contributed by atoms with E-state index in [4.69, 9.17) is 4.74 Å². The highest BCUT2D eigenvalue weighted by Gasteiger charge is 2.25. The van der Waals surface area contributed by atoms with Crippen molar-refractivity contribution in [3.8, 4) is 5.75 Å². The summed E-state index contributed by atoms with van der Waals surface area (Å²) in [5, 5.41) is 2.82. The Bertz CT molecular complexity index is 645. The average Bonchev–Trinajstić information content (AvgIpc) is 2.47. The van der Waals surface area contributed by atoms with Crippen LogP contribution in [0.15, 0.2) is 47.1 Å². The molecule has 2 heterocycles. The minimum atomic E-state index is -0.189. The van der Waals surface area contributed by atoms with Gasteiger partial charge in [0.1, 0.15) is 22.8 Å². The predicted molar refractivity (Wildman–Crippen MR) is 79.7 cm³/mol. The van der Waals surface area contributed by atoms with Gasteiger partial charge < -0.3 is 10.1 Å². The molecule has 102 valence electrons. The van der Waals surface area contributed by atoms with Gasteiger partial charge in [0, 0.05) is 0 Å². The van der Waals surface area contributed by atoms with E-state index in [1.165, 1.54) is 0 Å². The maximum Gasteiger partial charge on any atom is 0.232 e. The minimum absolute atomic E-state index is 0.0647. The van der Waals surface area contributed by atoms with Crippen LogP contribution in [0.4, 0.5) is 5.82 Å². The zero-order valence-electron chi connectivity index (χ0n) is 10.7. The lowest BCUT2D eigenvalue weighted by atomic mass is 9.96. The third-order valence-corrected chi connectivity index (χ3v) is 3.66. The van der Waals surface area contributed by atoms with E-state index in [0.717, 1.165) is 11.3 Å². The Morgan fingerprint density at radius 3 is 2.95 bits per heavy atom. The Morgan fingerprint density at radius 1 is 1.25 bits per heavy atom. The van der Waals surface area contributed by atoms with Gasteiger partial charge in [0.15, 0.2) is 0 Å². The molecule has 0 spiro atoms. The second-order valence-electron chi connectivity index (χ2n) is 4.65. The molecule has 1 unspecified atom stereocenters. The number of benzene rings is 1. The first-order chi connectivity index (χ1) is 9.72. The molecular formula is C15H13BrN2O2. The van der Waals surface area contributed by atoms with E-state index in [9.17, 15) is 4.79 Å². The molecule has 4 nitrogen and oxygen atoms in total. The molecule has 0 saturated heterocycles. The first-order valence-corrected chi connectivity index (χ1v) is 7.16. The monoisotopic (exact) mass is 332 g/mol. The molecule has 2 aromatic rings. The smallest absolute Gasteiger partial charge is 0.232 e. The van der Waals surface area contributed by atoms with Gasteiger partial charge in [-0.2, -0.15) is 0 Å². The largest absolute Gasteiger partial charge is 0.492 e. The number of aromatic nitrogens is 1. The Hall–Kier alpha value is -1.88. The highest BCUT2D eigenvalue weighted by Crippen LogP contribution is 2.27. The second-order valence-corrected chi connectivity index (χ2v) is 5.47. The summed E-state index contributed by atoms with van der Waals surface area (Å²) in [5.74, 6) is 1.16. The summed E-state index contributed by atoms with van der Waals surface area (Å²) in [6, 6.07) is 13.2. The highest BCUT2D eigenvalue weighted by atomic mass is 79.9. The third-order valence-electron chi connectivity index (χ3n) is 3.22. The van der Waals surface area contributed by atoms with Crippen LogP contribution in [0.25, 0.3) is 0 Å². The molecule has 1 aromatic carbocycles. The fourth-order valence-corrected chi connectivity index (χ4v) is 2.55. The zero-order valence-corrected chi connectivity index (χ0v) is 12.3. The number of halogens is 1. The van der Waals surface area contributed by atoms with E-state index in [1.54, 1.807) is 6.07 Å². The van der Waals surface area contributed by atoms with Crippen LogP contribution < -0.4 is 10.1 Å². The van der Waals surface area contributed by atoms with Crippen molar-refractivity contribution in [3.63, 3.8) is 0 Å². The number of amides is 1. The van der Waals surface area contributed by atoms with Gasteiger partial charge in [0.05, 0.1) is 5.92 Å². The van der Waals surface area contributed by atoms with Gasteiger partial charge in [0.2, 0.25) is 5.91 Å². The van der Waals surface area contributed by atoms with Crippen molar-refractivity contribution in [2.75, 3.05) is 11.9 Å². The first kappa shape index (κ1) is 13.1. The summed E-state index contributed by atoms with van der Waals surface area (Å²) in [6.07, 6.45) is 0.690. The van der Waals surface area contributed by atoms with Crippen LogP contribution in [0, 0.1) is 5.92 Å². The molecule has 5 heteroatoms. The molecule has 1 aromatic heterocycles. The summed E-state index contributed by atoms with van der Waals surface area (Å²) in [6.45, 7) is 0.400. The van der Waals surface area contributed by atoms with Gasteiger partial charge in [-0.25, -0.2) is 4.98 Å². The molecule has 0 radical (unpaired) electrons. The molecule has 0 bridgehead atoms. The Labute approximate surface area is 125 Å². The fraction of sp³-hybridized carbons (Fsp3) is 0.200. The maximum absolute atomic E-state index is 12.2. The van der Waals surface area contributed by atoms with Gasteiger partial charge in [-0.1, -0.05) is 24.3 Å². The molecule has 20 heavy (non-hydrogen) atoms. The van der Waals surface area contributed by atoms with Crippen LogP contribution in [0.3, 0.4) is 0 Å². The van der Waals surface area contributed by atoms with E-state index in [-0.39, 0.29) is 11.8 Å². The second kappa shape index (κ2) is 5.63. The first-order valence-electron chi connectivity index (χ1n) is 6.36. The molecule has 1 N–H and O–H groups in total. The molecule has 3 rings (SSSR count).